The van der Waals surface area contributed by atoms with E-state index in [1.165, 1.54) is 16.9 Å². The molecule has 0 aliphatic carbocycles. The van der Waals surface area contributed by atoms with Crippen LogP contribution in [0.3, 0.4) is 0 Å². The first-order valence-corrected chi connectivity index (χ1v) is 4.85. The standard InChI is InChI=1S/C10H9FS/c1-2-7-3-4-9(11)10-8(7)5-6-12-10/h3-6H,2H2,1H3. The zero-order chi connectivity index (χ0) is 8.55. The number of thiophene rings is 1. The lowest BCUT2D eigenvalue weighted by Crippen LogP contribution is -1.82. The normalized spacial score (nSPS) is 10.8. The highest BCUT2D eigenvalue weighted by molar-refractivity contribution is 7.17. The monoisotopic (exact) mass is 180 g/mol. The second-order valence-electron chi connectivity index (χ2n) is 2.72. The van der Waals surface area contributed by atoms with Crippen LogP contribution in [0.2, 0.25) is 0 Å². The second-order valence-corrected chi connectivity index (χ2v) is 3.64. The Morgan fingerprint density at radius 2 is 2.17 bits per heavy atom. The molecule has 0 spiro atoms. The highest BCUT2D eigenvalue weighted by atomic mass is 32.1. The smallest absolute Gasteiger partial charge is 0.141 e. The van der Waals surface area contributed by atoms with Crippen molar-refractivity contribution in [3.63, 3.8) is 0 Å². The molecule has 1 aromatic heterocycles. The molecule has 0 saturated carbocycles. The van der Waals surface area contributed by atoms with Crippen LogP contribution in [0.25, 0.3) is 10.1 Å². The maximum Gasteiger partial charge on any atom is 0.141 e. The van der Waals surface area contributed by atoms with Crippen LogP contribution in [0.5, 0.6) is 0 Å². The molecule has 0 bridgehead atoms. The Morgan fingerprint density at radius 3 is 2.92 bits per heavy atom. The molecule has 1 heterocycles. The lowest BCUT2D eigenvalue weighted by atomic mass is 10.1. The van der Waals surface area contributed by atoms with E-state index in [2.05, 4.69) is 6.92 Å². The average molecular weight is 180 g/mol. The second kappa shape index (κ2) is 2.87. The average Bonchev–Trinajstić information content (AvgIpc) is 2.54. The lowest BCUT2D eigenvalue weighted by Gasteiger charge is -1.98. The van der Waals surface area contributed by atoms with Gasteiger partial charge in [0.15, 0.2) is 0 Å². The van der Waals surface area contributed by atoms with Crippen molar-refractivity contribution in [2.75, 3.05) is 0 Å². The Kier molecular flexibility index (Phi) is 1.85. The van der Waals surface area contributed by atoms with Gasteiger partial charge in [0.25, 0.3) is 0 Å². The Balaban J connectivity index is 2.82. The molecule has 62 valence electrons. The quantitative estimate of drug-likeness (QED) is 0.629. The molecule has 0 atom stereocenters. The van der Waals surface area contributed by atoms with Gasteiger partial charge in [-0.3, -0.25) is 0 Å². The van der Waals surface area contributed by atoms with E-state index in [1.54, 1.807) is 6.07 Å². The molecule has 2 rings (SSSR count). The number of hydrogen-bond acceptors (Lipinski definition) is 1. The molecule has 0 N–H and O–H groups in total. The summed E-state index contributed by atoms with van der Waals surface area (Å²) in [6, 6.07) is 5.41. The van der Waals surface area contributed by atoms with Crippen LogP contribution in [0.1, 0.15) is 12.5 Å². The number of benzene rings is 1. The lowest BCUT2D eigenvalue weighted by molar-refractivity contribution is 0.641. The van der Waals surface area contributed by atoms with Gasteiger partial charge in [-0.2, -0.15) is 0 Å². The Labute approximate surface area is 74.6 Å². The molecule has 0 amide bonds. The van der Waals surface area contributed by atoms with Gasteiger partial charge < -0.3 is 0 Å². The summed E-state index contributed by atoms with van der Waals surface area (Å²) in [5.41, 5.74) is 1.23. The molecule has 0 aliphatic heterocycles. The number of hydrogen-bond donors (Lipinski definition) is 0. The molecule has 0 saturated heterocycles. The van der Waals surface area contributed by atoms with Gasteiger partial charge in [0, 0.05) is 0 Å². The van der Waals surface area contributed by atoms with E-state index in [0.717, 1.165) is 16.5 Å². The topological polar surface area (TPSA) is 0 Å². The first kappa shape index (κ1) is 7.74. The van der Waals surface area contributed by atoms with E-state index >= 15 is 0 Å². The highest BCUT2D eigenvalue weighted by Gasteiger charge is 2.04. The Bertz CT molecular complexity index is 403. The third kappa shape index (κ3) is 1.03. The van der Waals surface area contributed by atoms with Gasteiger partial charge in [0.05, 0.1) is 4.70 Å². The fraction of sp³-hybridized carbons (Fsp3) is 0.200. The van der Waals surface area contributed by atoms with Gasteiger partial charge in [-0.1, -0.05) is 13.0 Å². The van der Waals surface area contributed by atoms with Crippen molar-refractivity contribution >= 4 is 21.4 Å². The van der Waals surface area contributed by atoms with Crippen LogP contribution >= 0.6 is 11.3 Å². The van der Waals surface area contributed by atoms with E-state index in [1.807, 2.05) is 17.5 Å². The molecule has 0 radical (unpaired) electrons. The van der Waals surface area contributed by atoms with E-state index in [-0.39, 0.29) is 5.82 Å². The van der Waals surface area contributed by atoms with Gasteiger partial charge in [-0.25, -0.2) is 4.39 Å². The van der Waals surface area contributed by atoms with Crippen molar-refractivity contribution in [3.05, 3.63) is 35.0 Å². The maximum atomic E-state index is 13.1. The largest absolute Gasteiger partial charge is 0.205 e. The first-order valence-electron chi connectivity index (χ1n) is 3.97. The van der Waals surface area contributed by atoms with Crippen LogP contribution in [-0.4, -0.2) is 0 Å². The molecule has 0 aliphatic rings. The van der Waals surface area contributed by atoms with Crippen molar-refractivity contribution in [1.82, 2.24) is 0 Å². The van der Waals surface area contributed by atoms with E-state index in [9.17, 15) is 4.39 Å². The highest BCUT2D eigenvalue weighted by Crippen LogP contribution is 2.27. The van der Waals surface area contributed by atoms with Gasteiger partial charge in [-0.05, 0) is 34.9 Å². The van der Waals surface area contributed by atoms with E-state index in [0.29, 0.717) is 0 Å². The van der Waals surface area contributed by atoms with Gasteiger partial charge in [0.2, 0.25) is 0 Å². The third-order valence-electron chi connectivity index (χ3n) is 2.04. The van der Waals surface area contributed by atoms with Crippen molar-refractivity contribution in [1.29, 1.82) is 0 Å². The van der Waals surface area contributed by atoms with Crippen molar-refractivity contribution in [2.45, 2.75) is 13.3 Å². The summed E-state index contributed by atoms with van der Waals surface area (Å²) < 4.78 is 13.9. The Hall–Kier alpha value is -0.890. The van der Waals surface area contributed by atoms with Crippen LogP contribution in [0, 0.1) is 5.82 Å². The number of fused-ring (bicyclic) bond motifs is 1. The van der Waals surface area contributed by atoms with Crippen molar-refractivity contribution < 1.29 is 4.39 Å². The summed E-state index contributed by atoms with van der Waals surface area (Å²) in [7, 11) is 0. The molecule has 0 unspecified atom stereocenters. The molecule has 0 fully saturated rings. The number of aryl methyl sites for hydroxylation is 1. The predicted molar refractivity (Wildman–Crippen MR) is 51.2 cm³/mol. The van der Waals surface area contributed by atoms with Gasteiger partial charge in [0.1, 0.15) is 5.82 Å². The summed E-state index contributed by atoms with van der Waals surface area (Å²) in [4.78, 5) is 0. The van der Waals surface area contributed by atoms with Gasteiger partial charge >= 0.3 is 0 Å². The molecule has 12 heavy (non-hydrogen) atoms. The zero-order valence-electron chi connectivity index (χ0n) is 6.80. The Morgan fingerprint density at radius 1 is 1.33 bits per heavy atom. The van der Waals surface area contributed by atoms with Crippen molar-refractivity contribution in [3.8, 4) is 0 Å². The summed E-state index contributed by atoms with van der Waals surface area (Å²) in [5, 5.41) is 3.01. The SMILES string of the molecule is CCc1ccc(F)c2sccc12. The summed E-state index contributed by atoms with van der Waals surface area (Å²) in [5.74, 6) is -0.0998. The van der Waals surface area contributed by atoms with Crippen LogP contribution in [0.4, 0.5) is 4.39 Å². The zero-order valence-corrected chi connectivity index (χ0v) is 7.62. The molecular weight excluding hydrogens is 171 g/mol. The predicted octanol–water partition coefficient (Wildman–Crippen LogP) is 3.60. The first-order chi connectivity index (χ1) is 5.83. The molecule has 2 heteroatoms. The summed E-state index contributed by atoms with van der Waals surface area (Å²) >= 11 is 1.47. The molecule has 1 aromatic carbocycles. The van der Waals surface area contributed by atoms with E-state index in [4.69, 9.17) is 0 Å². The minimum absolute atomic E-state index is 0.0998. The minimum atomic E-state index is -0.0998. The summed E-state index contributed by atoms with van der Waals surface area (Å²) in [6.45, 7) is 2.09. The van der Waals surface area contributed by atoms with E-state index < -0.39 is 0 Å². The number of rotatable bonds is 1. The van der Waals surface area contributed by atoms with Crippen molar-refractivity contribution in [2.24, 2.45) is 0 Å². The number of halogens is 1. The fourth-order valence-corrected chi connectivity index (χ4v) is 2.24. The van der Waals surface area contributed by atoms with Crippen LogP contribution in [-0.2, 0) is 6.42 Å². The molecule has 2 aromatic rings. The molecular formula is C10H9FS. The van der Waals surface area contributed by atoms with Crippen LogP contribution in [0.15, 0.2) is 23.6 Å². The summed E-state index contributed by atoms with van der Waals surface area (Å²) in [6.07, 6.45) is 0.966. The van der Waals surface area contributed by atoms with Gasteiger partial charge in [-0.15, -0.1) is 11.3 Å². The fourth-order valence-electron chi connectivity index (χ4n) is 1.39. The van der Waals surface area contributed by atoms with Crippen LogP contribution < -0.4 is 0 Å². The third-order valence-corrected chi connectivity index (χ3v) is 2.96. The maximum absolute atomic E-state index is 13.1. The molecule has 0 nitrogen and oxygen atoms in total. The minimum Gasteiger partial charge on any atom is -0.205 e.